The average molecular weight is 302 g/mol. The Morgan fingerprint density at radius 2 is 2.16 bits per heavy atom. The van der Waals surface area contributed by atoms with E-state index in [2.05, 4.69) is 15.0 Å². The Hall–Kier alpha value is -1.25. The molecule has 1 aromatic rings. The molecule has 0 radical (unpaired) electrons. The summed E-state index contributed by atoms with van der Waals surface area (Å²) < 4.78 is 25.0. The lowest BCUT2D eigenvalue weighted by atomic mass is 10.1. The molecular weight excluding hydrogens is 284 g/mol. The molecule has 0 fully saturated rings. The van der Waals surface area contributed by atoms with Gasteiger partial charge in [0.25, 0.3) is 0 Å². The van der Waals surface area contributed by atoms with Crippen LogP contribution < -0.4 is 15.8 Å². The number of thiocarbonyl (C=S) groups is 1. The van der Waals surface area contributed by atoms with Gasteiger partial charge in [-0.25, -0.2) is 13.1 Å². The van der Waals surface area contributed by atoms with Gasteiger partial charge in [0.15, 0.2) is 0 Å². The molecule has 0 saturated heterocycles. The normalized spacial score (nSPS) is 12.2. The van der Waals surface area contributed by atoms with Crippen LogP contribution >= 0.6 is 12.2 Å². The number of hydrogen-bond acceptors (Lipinski definition) is 5. The van der Waals surface area contributed by atoms with E-state index in [1.165, 1.54) is 0 Å². The van der Waals surface area contributed by atoms with Crippen molar-refractivity contribution in [2.75, 3.05) is 18.1 Å². The molecule has 1 rings (SSSR count). The standard InChI is InChI=1S/C11H18N4O2S2/c1-11(2,15-19(3,16)17)7-14-8-4-5-13-9(6-8)10(12)18/h4-6,15H,7H2,1-3H3,(H2,12,18)(H,13,14). The molecule has 0 atom stereocenters. The molecule has 6 nitrogen and oxygen atoms in total. The molecule has 0 saturated carbocycles. The van der Waals surface area contributed by atoms with Crippen molar-refractivity contribution < 1.29 is 8.42 Å². The van der Waals surface area contributed by atoms with Crippen LogP contribution in [0.4, 0.5) is 5.69 Å². The lowest BCUT2D eigenvalue weighted by molar-refractivity contribution is 0.476. The third-order valence-electron chi connectivity index (χ3n) is 2.21. The van der Waals surface area contributed by atoms with E-state index in [-0.39, 0.29) is 4.99 Å². The zero-order valence-electron chi connectivity index (χ0n) is 11.1. The molecule has 0 aliphatic heterocycles. The maximum atomic E-state index is 11.2. The largest absolute Gasteiger partial charge is 0.388 e. The minimum Gasteiger partial charge on any atom is -0.388 e. The molecule has 0 amide bonds. The molecule has 0 unspecified atom stereocenters. The maximum absolute atomic E-state index is 11.2. The highest BCUT2D eigenvalue weighted by Crippen LogP contribution is 2.11. The van der Waals surface area contributed by atoms with Crippen molar-refractivity contribution in [2.45, 2.75) is 19.4 Å². The highest BCUT2D eigenvalue weighted by Gasteiger charge is 2.21. The van der Waals surface area contributed by atoms with Gasteiger partial charge < -0.3 is 11.1 Å². The SMILES string of the molecule is CC(C)(CNc1ccnc(C(N)=S)c1)NS(C)(=O)=O. The van der Waals surface area contributed by atoms with Gasteiger partial charge in [-0.2, -0.15) is 0 Å². The monoisotopic (exact) mass is 302 g/mol. The fraction of sp³-hybridized carbons (Fsp3) is 0.455. The highest BCUT2D eigenvalue weighted by molar-refractivity contribution is 7.88. The molecule has 4 N–H and O–H groups in total. The van der Waals surface area contributed by atoms with Gasteiger partial charge in [-0.3, -0.25) is 4.98 Å². The molecule has 106 valence electrons. The molecule has 0 spiro atoms. The third-order valence-corrected chi connectivity index (χ3v) is 3.34. The van der Waals surface area contributed by atoms with Crippen LogP contribution in [0.2, 0.25) is 0 Å². The summed E-state index contributed by atoms with van der Waals surface area (Å²) in [6.07, 6.45) is 2.72. The Morgan fingerprint density at radius 1 is 1.53 bits per heavy atom. The van der Waals surface area contributed by atoms with Crippen LogP contribution in [0.1, 0.15) is 19.5 Å². The zero-order valence-corrected chi connectivity index (χ0v) is 12.7. The maximum Gasteiger partial charge on any atom is 0.209 e. The first-order valence-corrected chi connectivity index (χ1v) is 7.88. The van der Waals surface area contributed by atoms with Crippen LogP contribution in [0, 0.1) is 0 Å². The topological polar surface area (TPSA) is 97.1 Å². The Labute approximate surface area is 118 Å². The van der Waals surface area contributed by atoms with Crippen molar-refractivity contribution in [2.24, 2.45) is 5.73 Å². The summed E-state index contributed by atoms with van der Waals surface area (Å²) in [6.45, 7) is 3.99. The molecule has 8 heteroatoms. The second kappa shape index (κ2) is 5.81. The average Bonchev–Trinajstić information content (AvgIpc) is 2.24. The number of hydrogen-bond donors (Lipinski definition) is 3. The number of anilines is 1. The van der Waals surface area contributed by atoms with Crippen LogP contribution in [0.25, 0.3) is 0 Å². The van der Waals surface area contributed by atoms with E-state index in [4.69, 9.17) is 18.0 Å². The predicted octanol–water partition coefficient (Wildman–Crippen LogP) is 0.456. The van der Waals surface area contributed by atoms with Gasteiger partial charge in [-0.1, -0.05) is 12.2 Å². The highest BCUT2D eigenvalue weighted by atomic mass is 32.2. The molecule has 0 aliphatic rings. The molecule has 0 aliphatic carbocycles. The van der Waals surface area contributed by atoms with Gasteiger partial charge in [0.2, 0.25) is 10.0 Å². The predicted molar refractivity (Wildman–Crippen MR) is 80.7 cm³/mol. The summed E-state index contributed by atoms with van der Waals surface area (Å²) in [5.74, 6) is 0. The fourth-order valence-electron chi connectivity index (χ4n) is 1.54. The van der Waals surface area contributed by atoms with Gasteiger partial charge in [0, 0.05) is 24.0 Å². The summed E-state index contributed by atoms with van der Waals surface area (Å²) in [6, 6.07) is 3.48. The van der Waals surface area contributed by atoms with Gasteiger partial charge in [-0.05, 0) is 26.0 Å². The van der Waals surface area contributed by atoms with Crippen LogP contribution in [-0.4, -0.2) is 36.7 Å². The number of aromatic nitrogens is 1. The minimum atomic E-state index is -3.25. The lowest BCUT2D eigenvalue weighted by Crippen LogP contribution is -2.47. The van der Waals surface area contributed by atoms with Gasteiger partial charge in [0.1, 0.15) is 4.99 Å². The summed E-state index contributed by atoms with van der Waals surface area (Å²) in [7, 11) is -3.25. The van der Waals surface area contributed by atoms with Crippen molar-refractivity contribution >= 4 is 32.9 Å². The second-order valence-electron chi connectivity index (χ2n) is 4.91. The Balaban J connectivity index is 2.71. The number of pyridine rings is 1. The summed E-state index contributed by atoms with van der Waals surface area (Å²) in [4.78, 5) is 4.24. The van der Waals surface area contributed by atoms with Crippen molar-refractivity contribution in [1.29, 1.82) is 0 Å². The summed E-state index contributed by atoms with van der Waals surface area (Å²) in [5, 5.41) is 3.12. The molecule has 0 bridgehead atoms. The Bertz CT molecular complexity index is 570. The van der Waals surface area contributed by atoms with Crippen LogP contribution in [0.3, 0.4) is 0 Å². The first-order chi connectivity index (χ1) is 8.59. The number of nitrogens with two attached hydrogens (primary N) is 1. The zero-order chi connectivity index (χ0) is 14.7. The Kier molecular flexibility index (Phi) is 4.83. The quantitative estimate of drug-likeness (QED) is 0.660. The number of rotatable bonds is 6. The number of nitrogens with one attached hydrogen (secondary N) is 2. The molecule has 1 aromatic heterocycles. The van der Waals surface area contributed by atoms with E-state index in [0.29, 0.717) is 12.2 Å². The van der Waals surface area contributed by atoms with Crippen LogP contribution in [-0.2, 0) is 10.0 Å². The van der Waals surface area contributed by atoms with Gasteiger partial charge in [0.05, 0.1) is 11.9 Å². The molecule has 19 heavy (non-hydrogen) atoms. The van der Waals surface area contributed by atoms with E-state index in [9.17, 15) is 8.42 Å². The van der Waals surface area contributed by atoms with E-state index in [0.717, 1.165) is 11.9 Å². The van der Waals surface area contributed by atoms with Gasteiger partial charge >= 0.3 is 0 Å². The van der Waals surface area contributed by atoms with E-state index < -0.39 is 15.6 Å². The van der Waals surface area contributed by atoms with Crippen molar-refractivity contribution in [3.8, 4) is 0 Å². The van der Waals surface area contributed by atoms with E-state index >= 15 is 0 Å². The first kappa shape index (κ1) is 15.8. The molecule has 0 aromatic carbocycles. The van der Waals surface area contributed by atoms with Crippen molar-refractivity contribution in [3.05, 3.63) is 24.0 Å². The second-order valence-corrected chi connectivity index (χ2v) is 7.09. The van der Waals surface area contributed by atoms with E-state index in [1.807, 2.05) is 0 Å². The smallest absolute Gasteiger partial charge is 0.209 e. The van der Waals surface area contributed by atoms with Crippen LogP contribution in [0.15, 0.2) is 18.3 Å². The summed E-state index contributed by atoms with van der Waals surface area (Å²) >= 11 is 4.85. The minimum absolute atomic E-state index is 0.220. The first-order valence-electron chi connectivity index (χ1n) is 5.58. The molecule has 1 heterocycles. The third kappa shape index (κ3) is 5.95. The number of sulfonamides is 1. The van der Waals surface area contributed by atoms with Crippen LogP contribution in [0.5, 0.6) is 0 Å². The van der Waals surface area contributed by atoms with Crippen molar-refractivity contribution in [1.82, 2.24) is 9.71 Å². The Morgan fingerprint density at radius 3 is 2.68 bits per heavy atom. The summed E-state index contributed by atoms with van der Waals surface area (Å²) in [5.41, 5.74) is 6.19. The van der Waals surface area contributed by atoms with Gasteiger partial charge in [-0.15, -0.1) is 0 Å². The number of nitrogens with zero attached hydrogens (tertiary/aromatic N) is 1. The van der Waals surface area contributed by atoms with E-state index in [1.54, 1.807) is 32.2 Å². The fourth-order valence-corrected chi connectivity index (χ4v) is 2.72. The lowest BCUT2D eigenvalue weighted by Gasteiger charge is -2.25. The van der Waals surface area contributed by atoms with Crippen molar-refractivity contribution in [3.63, 3.8) is 0 Å². The molecular formula is C11H18N4O2S2.